The third-order valence-corrected chi connectivity index (χ3v) is 4.64. The molecule has 0 aromatic carbocycles. The summed E-state index contributed by atoms with van der Waals surface area (Å²) in [6.45, 7) is 6.25. The highest BCUT2D eigenvalue weighted by Gasteiger charge is 2.14. The zero-order chi connectivity index (χ0) is 18.0. The number of carbonyl (C=O) groups is 2. The maximum atomic E-state index is 12.0. The smallest absolute Gasteiger partial charge is 0.220 e. The fourth-order valence-corrected chi connectivity index (χ4v) is 2.93. The molecule has 0 aromatic heterocycles. The zero-order valence-electron chi connectivity index (χ0n) is 16.5. The van der Waals surface area contributed by atoms with Crippen molar-refractivity contribution in [1.82, 2.24) is 5.32 Å². The van der Waals surface area contributed by atoms with Crippen LogP contribution in [0.5, 0.6) is 0 Å². The Labute approximate surface area is 150 Å². The van der Waals surface area contributed by atoms with Crippen molar-refractivity contribution in [3.8, 4) is 0 Å². The lowest BCUT2D eigenvalue weighted by Gasteiger charge is -2.13. The standard InChI is InChI=1S/C21H41NO2/c1-4-6-8-10-12-13-15-17-20(23)19(3)22-21(24)18-16-14-11-9-7-5-2/h19H,4-18H2,1-3H3,(H,22,24)/t19-/m0/s1. The Morgan fingerprint density at radius 2 is 1.08 bits per heavy atom. The summed E-state index contributed by atoms with van der Waals surface area (Å²) in [6.07, 6.45) is 16.8. The van der Waals surface area contributed by atoms with Gasteiger partial charge < -0.3 is 5.32 Å². The van der Waals surface area contributed by atoms with E-state index in [1.165, 1.54) is 57.8 Å². The Kier molecular flexibility index (Phi) is 16.4. The van der Waals surface area contributed by atoms with Crippen molar-refractivity contribution in [3.63, 3.8) is 0 Å². The molecule has 0 rings (SSSR count). The maximum Gasteiger partial charge on any atom is 0.220 e. The molecular weight excluding hydrogens is 298 g/mol. The van der Waals surface area contributed by atoms with Crippen LogP contribution in [0.15, 0.2) is 0 Å². The molecule has 0 aliphatic carbocycles. The highest BCUT2D eigenvalue weighted by Crippen LogP contribution is 2.10. The van der Waals surface area contributed by atoms with E-state index in [1.54, 1.807) is 0 Å². The second-order valence-electron chi connectivity index (χ2n) is 7.14. The molecule has 0 saturated carbocycles. The van der Waals surface area contributed by atoms with Crippen LogP contribution in [0, 0.1) is 0 Å². The van der Waals surface area contributed by atoms with Gasteiger partial charge in [-0.25, -0.2) is 0 Å². The minimum atomic E-state index is -0.322. The van der Waals surface area contributed by atoms with E-state index in [2.05, 4.69) is 19.2 Å². The number of hydrogen-bond acceptors (Lipinski definition) is 2. The predicted octanol–water partition coefficient (Wildman–Crippen LogP) is 5.95. The van der Waals surface area contributed by atoms with Gasteiger partial charge in [-0.3, -0.25) is 9.59 Å². The molecule has 0 aromatic rings. The number of amides is 1. The summed E-state index contributed by atoms with van der Waals surface area (Å²) in [7, 11) is 0. The second kappa shape index (κ2) is 17.0. The Balaban J connectivity index is 3.57. The van der Waals surface area contributed by atoms with Gasteiger partial charge in [0.25, 0.3) is 0 Å². The number of Topliss-reactive ketones (excluding diaryl/α,β-unsaturated/α-hetero) is 1. The quantitative estimate of drug-likeness (QED) is 0.333. The van der Waals surface area contributed by atoms with Crippen molar-refractivity contribution in [1.29, 1.82) is 0 Å². The van der Waals surface area contributed by atoms with Gasteiger partial charge in [-0.1, -0.05) is 84.5 Å². The third-order valence-electron chi connectivity index (χ3n) is 4.64. The van der Waals surface area contributed by atoms with E-state index in [9.17, 15) is 9.59 Å². The lowest BCUT2D eigenvalue weighted by molar-refractivity contribution is -0.127. The Morgan fingerprint density at radius 3 is 1.58 bits per heavy atom. The first-order valence-corrected chi connectivity index (χ1v) is 10.4. The van der Waals surface area contributed by atoms with E-state index in [1.807, 2.05) is 6.92 Å². The number of unbranched alkanes of at least 4 members (excludes halogenated alkanes) is 11. The van der Waals surface area contributed by atoms with Crippen molar-refractivity contribution < 1.29 is 9.59 Å². The van der Waals surface area contributed by atoms with Gasteiger partial charge in [0.05, 0.1) is 6.04 Å². The van der Waals surface area contributed by atoms with Crippen molar-refractivity contribution in [2.45, 2.75) is 123 Å². The maximum absolute atomic E-state index is 12.0. The summed E-state index contributed by atoms with van der Waals surface area (Å²) >= 11 is 0. The Hall–Kier alpha value is -0.860. The zero-order valence-corrected chi connectivity index (χ0v) is 16.5. The molecule has 1 atom stereocenters. The molecule has 0 fully saturated rings. The van der Waals surface area contributed by atoms with Gasteiger partial charge in [0.1, 0.15) is 0 Å². The van der Waals surface area contributed by atoms with E-state index in [-0.39, 0.29) is 17.7 Å². The summed E-state index contributed by atoms with van der Waals surface area (Å²) in [5.41, 5.74) is 0. The normalized spacial score (nSPS) is 12.1. The molecule has 0 heterocycles. The molecule has 0 aliphatic heterocycles. The van der Waals surface area contributed by atoms with Crippen molar-refractivity contribution in [3.05, 3.63) is 0 Å². The van der Waals surface area contributed by atoms with Crippen LogP contribution in [-0.4, -0.2) is 17.7 Å². The Morgan fingerprint density at radius 1 is 0.667 bits per heavy atom. The molecule has 1 N–H and O–H groups in total. The van der Waals surface area contributed by atoms with Crippen molar-refractivity contribution in [2.24, 2.45) is 0 Å². The molecule has 0 saturated heterocycles. The van der Waals surface area contributed by atoms with Crippen LogP contribution in [0.25, 0.3) is 0 Å². The van der Waals surface area contributed by atoms with Crippen LogP contribution in [0.4, 0.5) is 0 Å². The molecule has 0 bridgehead atoms. The van der Waals surface area contributed by atoms with Gasteiger partial charge >= 0.3 is 0 Å². The van der Waals surface area contributed by atoms with E-state index in [0.717, 1.165) is 25.7 Å². The van der Waals surface area contributed by atoms with Crippen molar-refractivity contribution >= 4 is 11.7 Å². The van der Waals surface area contributed by atoms with Gasteiger partial charge in [0, 0.05) is 12.8 Å². The number of hydrogen-bond donors (Lipinski definition) is 1. The van der Waals surface area contributed by atoms with Crippen LogP contribution in [0.3, 0.4) is 0 Å². The van der Waals surface area contributed by atoms with Crippen LogP contribution < -0.4 is 5.32 Å². The average Bonchev–Trinajstić information content (AvgIpc) is 2.56. The second-order valence-corrected chi connectivity index (χ2v) is 7.14. The van der Waals surface area contributed by atoms with Gasteiger partial charge in [-0.15, -0.1) is 0 Å². The molecule has 3 heteroatoms. The van der Waals surface area contributed by atoms with Crippen molar-refractivity contribution in [2.75, 3.05) is 0 Å². The van der Waals surface area contributed by atoms with Gasteiger partial charge in [0.15, 0.2) is 5.78 Å². The lowest BCUT2D eigenvalue weighted by atomic mass is 10.0. The average molecular weight is 340 g/mol. The first-order valence-electron chi connectivity index (χ1n) is 10.4. The molecule has 0 unspecified atom stereocenters. The number of nitrogens with one attached hydrogen (secondary N) is 1. The van der Waals surface area contributed by atoms with Gasteiger partial charge in [-0.2, -0.15) is 0 Å². The molecule has 0 spiro atoms. The molecule has 0 radical (unpaired) electrons. The number of rotatable bonds is 17. The van der Waals surface area contributed by atoms with Gasteiger partial charge in [0.2, 0.25) is 5.91 Å². The van der Waals surface area contributed by atoms with Crippen LogP contribution >= 0.6 is 0 Å². The summed E-state index contributed by atoms with van der Waals surface area (Å²) in [6, 6.07) is -0.322. The summed E-state index contributed by atoms with van der Waals surface area (Å²) < 4.78 is 0. The highest BCUT2D eigenvalue weighted by molar-refractivity contribution is 5.88. The topological polar surface area (TPSA) is 46.2 Å². The largest absolute Gasteiger partial charge is 0.347 e. The van der Waals surface area contributed by atoms with Gasteiger partial charge in [-0.05, 0) is 19.8 Å². The van der Waals surface area contributed by atoms with E-state index in [4.69, 9.17) is 0 Å². The predicted molar refractivity (Wildman–Crippen MR) is 103 cm³/mol. The summed E-state index contributed by atoms with van der Waals surface area (Å²) in [5, 5.41) is 2.86. The summed E-state index contributed by atoms with van der Waals surface area (Å²) in [4.78, 5) is 23.9. The molecule has 0 aliphatic rings. The Bertz CT molecular complexity index is 315. The lowest BCUT2D eigenvalue weighted by Crippen LogP contribution is -2.38. The first kappa shape index (κ1) is 23.1. The minimum absolute atomic E-state index is 0.0332. The van der Waals surface area contributed by atoms with E-state index >= 15 is 0 Å². The van der Waals surface area contributed by atoms with Crippen LogP contribution in [-0.2, 0) is 9.59 Å². The fraction of sp³-hybridized carbons (Fsp3) is 0.905. The van der Waals surface area contributed by atoms with E-state index in [0.29, 0.717) is 12.8 Å². The van der Waals surface area contributed by atoms with E-state index < -0.39 is 0 Å². The molecule has 3 nitrogen and oxygen atoms in total. The SMILES string of the molecule is CCCCCCCCCC(=O)[C@H](C)NC(=O)CCCCCCCC. The molecule has 142 valence electrons. The minimum Gasteiger partial charge on any atom is -0.347 e. The fourth-order valence-electron chi connectivity index (χ4n) is 2.93. The molecule has 24 heavy (non-hydrogen) atoms. The monoisotopic (exact) mass is 339 g/mol. The highest BCUT2D eigenvalue weighted by atomic mass is 16.2. The third kappa shape index (κ3) is 14.7. The van der Waals surface area contributed by atoms with Crippen LogP contribution in [0.2, 0.25) is 0 Å². The van der Waals surface area contributed by atoms with Crippen LogP contribution in [0.1, 0.15) is 117 Å². The first-order chi connectivity index (χ1) is 11.6. The number of carbonyl (C=O) groups excluding carboxylic acids is 2. The summed E-state index contributed by atoms with van der Waals surface area (Å²) in [5.74, 6) is 0.214. The molecule has 1 amide bonds. The molecular formula is C21H41NO2. The number of ketones is 1.